The van der Waals surface area contributed by atoms with Crippen LogP contribution in [0.2, 0.25) is 0 Å². The fraction of sp³-hybridized carbons (Fsp3) is 0.462. The second kappa shape index (κ2) is 10.0. The molecule has 0 radical (unpaired) electrons. The summed E-state index contributed by atoms with van der Waals surface area (Å²) in [6.45, 7) is 7.21. The maximum atomic E-state index is 10.3. The Bertz CT molecular complexity index is 312. The van der Waals surface area contributed by atoms with Gasteiger partial charge in [-0.3, -0.25) is 4.79 Å². The van der Waals surface area contributed by atoms with E-state index >= 15 is 0 Å². The van der Waals surface area contributed by atoms with Gasteiger partial charge in [0.05, 0.1) is 0 Å². The fourth-order valence-electron chi connectivity index (χ4n) is 1.10. The van der Waals surface area contributed by atoms with Gasteiger partial charge in [-0.25, -0.2) is 0 Å². The topological polar surface area (TPSA) is 38.3 Å². The SMILES string of the molecule is CC.[2H]C(=O)OCc1ccc(NCCC)cc1. The van der Waals surface area contributed by atoms with Crippen LogP contribution in [0.5, 0.6) is 0 Å². The van der Waals surface area contributed by atoms with Gasteiger partial charge in [0, 0.05) is 12.2 Å². The number of hydrogen-bond donors (Lipinski definition) is 1. The van der Waals surface area contributed by atoms with E-state index in [0.29, 0.717) is 0 Å². The molecule has 0 aromatic heterocycles. The average molecular weight is 224 g/mol. The number of ether oxygens (including phenoxy) is 1. The third kappa shape index (κ3) is 6.06. The Hall–Kier alpha value is -1.51. The molecule has 0 aliphatic heterocycles. The number of hydrogen-bond acceptors (Lipinski definition) is 3. The van der Waals surface area contributed by atoms with Crippen molar-refractivity contribution >= 4 is 12.1 Å². The summed E-state index contributed by atoms with van der Waals surface area (Å²) in [5.74, 6) is 0. The van der Waals surface area contributed by atoms with Gasteiger partial charge in [-0.1, -0.05) is 32.9 Å². The van der Waals surface area contributed by atoms with Crippen molar-refractivity contribution in [2.24, 2.45) is 0 Å². The maximum absolute atomic E-state index is 10.3. The molecular formula is C13H21NO2. The average Bonchev–Trinajstić information content (AvgIpc) is 2.37. The molecule has 1 aromatic carbocycles. The summed E-state index contributed by atoms with van der Waals surface area (Å²) >= 11 is 0. The number of benzene rings is 1. The minimum atomic E-state index is -0.997. The van der Waals surface area contributed by atoms with Crippen LogP contribution in [0.3, 0.4) is 0 Å². The van der Waals surface area contributed by atoms with Gasteiger partial charge >= 0.3 is 0 Å². The molecule has 1 N–H and O–H groups in total. The molecule has 0 saturated heterocycles. The number of carbonyl (C=O) groups excluding carboxylic acids is 1. The lowest BCUT2D eigenvalue weighted by Gasteiger charge is -2.05. The van der Waals surface area contributed by atoms with Crippen molar-refractivity contribution in [2.45, 2.75) is 33.8 Å². The van der Waals surface area contributed by atoms with E-state index in [1.54, 1.807) is 0 Å². The lowest BCUT2D eigenvalue weighted by Crippen LogP contribution is -1.99. The molecule has 0 saturated carbocycles. The monoisotopic (exact) mass is 224 g/mol. The Morgan fingerprint density at radius 1 is 1.38 bits per heavy atom. The van der Waals surface area contributed by atoms with Crippen LogP contribution in [0.15, 0.2) is 24.3 Å². The second-order valence-corrected chi connectivity index (χ2v) is 3.00. The first kappa shape index (κ1) is 12.6. The molecule has 0 spiro atoms. The van der Waals surface area contributed by atoms with Gasteiger partial charge in [0.1, 0.15) is 6.61 Å². The summed E-state index contributed by atoms with van der Waals surface area (Å²) in [5.41, 5.74) is 1.94. The zero-order chi connectivity index (χ0) is 13.1. The number of carbonyl (C=O) groups is 1. The minimum Gasteiger partial charge on any atom is -0.463 e. The molecule has 1 aromatic rings. The molecule has 0 aliphatic carbocycles. The first-order chi connectivity index (χ1) is 8.22. The van der Waals surface area contributed by atoms with Crippen molar-refractivity contribution in [1.82, 2.24) is 0 Å². The molecule has 0 unspecified atom stereocenters. The van der Waals surface area contributed by atoms with Gasteiger partial charge in [0.25, 0.3) is 6.45 Å². The largest absolute Gasteiger partial charge is 0.463 e. The van der Waals surface area contributed by atoms with Crippen LogP contribution in [0.25, 0.3) is 0 Å². The van der Waals surface area contributed by atoms with E-state index in [1.165, 1.54) is 0 Å². The van der Waals surface area contributed by atoms with E-state index in [1.807, 2.05) is 38.1 Å². The van der Waals surface area contributed by atoms with E-state index in [9.17, 15) is 4.79 Å². The zero-order valence-electron chi connectivity index (χ0n) is 11.2. The Kier molecular flexibility index (Phi) is 7.87. The third-order valence-corrected chi connectivity index (χ3v) is 1.83. The molecule has 0 atom stereocenters. The zero-order valence-corrected chi connectivity index (χ0v) is 10.2. The van der Waals surface area contributed by atoms with Crippen LogP contribution in [-0.4, -0.2) is 13.0 Å². The van der Waals surface area contributed by atoms with Crippen LogP contribution >= 0.6 is 0 Å². The number of anilines is 1. The van der Waals surface area contributed by atoms with Crippen LogP contribution in [0.4, 0.5) is 5.69 Å². The molecule has 16 heavy (non-hydrogen) atoms. The highest BCUT2D eigenvalue weighted by Gasteiger charge is 1.93. The van der Waals surface area contributed by atoms with E-state index in [-0.39, 0.29) is 6.61 Å². The normalized spacial score (nSPS) is 9.56. The van der Waals surface area contributed by atoms with Crippen molar-refractivity contribution < 1.29 is 10.9 Å². The standard InChI is InChI=1S/C11H15NO2.C2H6/c1-2-7-12-11-5-3-10(4-6-11)8-14-9-13;1-2/h3-6,9,12H,2,7-8H2,1H3;1-2H3/i9D;. The predicted molar refractivity (Wildman–Crippen MR) is 67.4 cm³/mol. The van der Waals surface area contributed by atoms with Crippen LogP contribution < -0.4 is 5.32 Å². The van der Waals surface area contributed by atoms with Gasteiger partial charge in [0.2, 0.25) is 0 Å². The Morgan fingerprint density at radius 2 is 2.00 bits per heavy atom. The first-order valence-corrected chi connectivity index (χ1v) is 5.68. The predicted octanol–water partition coefficient (Wildman–Crippen LogP) is 3.21. The lowest BCUT2D eigenvalue weighted by atomic mass is 10.2. The van der Waals surface area contributed by atoms with Gasteiger partial charge in [0.15, 0.2) is 1.37 Å². The fourth-order valence-corrected chi connectivity index (χ4v) is 1.10. The molecule has 0 heterocycles. The number of rotatable bonds is 5. The molecule has 3 heteroatoms. The molecule has 3 nitrogen and oxygen atoms in total. The number of nitrogens with one attached hydrogen (secondary N) is 1. The molecule has 0 amide bonds. The van der Waals surface area contributed by atoms with Crippen LogP contribution in [0.1, 0.15) is 34.1 Å². The van der Waals surface area contributed by atoms with E-state index in [2.05, 4.69) is 17.0 Å². The molecule has 0 fully saturated rings. The first-order valence-electron chi connectivity index (χ1n) is 6.18. The van der Waals surface area contributed by atoms with Gasteiger partial charge in [-0.15, -0.1) is 0 Å². The molecule has 1 rings (SSSR count). The van der Waals surface area contributed by atoms with Gasteiger partial charge in [-0.05, 0) is 24.1 Å². The van der Waals surface area contributed by atoms with Crippen molar-refractivity contribution in [2.75, 3.05) is 11.9 Å². The summed E-state index contributed by atoms with van der Waals surface area (Å²) in [5, 5.41) is 3.24. The Morgan fingerprint density at radius 3 is 2.50 bits per heavy atom. The Labute approximate surface area is 99.2 Å². The summed E-state index contributed by atoms with van der Waals surface area (Å²) in [6.07, 6.45) is 0.0845. The van der Waals surface area contributed by atoms with Crippen LogP contribution in [-0.2, 0) is 16.1 Å². The summed E-state index contributed by atoms with van der Waals surface area (Å²) in [7, 11) is 0. The third-order valence-electron chi connectivity index (χ3n) is 1.83. The van der Waals surface area contributed by atoms with E-state index in [4.69, 9.17) is 1.37 Å². The van der Waals surface area contributed by atoms with E-state index < -0.39 is 6.45 Å². The van der Waals surface area contributed by atoms with Crippen molar-refractivity contribution in [3.8, 4) is 0 Å². The van der Waals surface area contributed by atoms with Crippen LogP contribution in [0, 0.1) is 0 Å². The summed E-state index contributed by atoms with van der Waals surface area (Å²) in [6, 6.07) is 7.62. The Balaban J connectivity index is 0.00000121. The lowest BCUT2D eigenvalue weighted by molar-refractivity contribution is -0.129. The highest BCUT2D eigenvalue weighted by atomic mass is 16.5. The highest BCUT2D eigenvalue weighted by molar-refractivity contribution is 5.44. The molecule has 0 aliphatic rings. The van der Waals surface area contributed by atoms with Crippen molar-refractivity contribution in [3.63, 3.8) is 0 Å². The molecule has 90 valence electrons. The van der Waals surface area contributed by atoms with Gasteiger partial charge in [-0.2, -0.15) is 0 Å². The molecular weight excluding hydrogens is 202 g/mol. The van der Waals surface area contributed by atoms with Crippen molar-refractivity contribution in [1.29, 1.82) is 0 Å². The summed E-state index contributed by atoms with van der Waals surface area (Å²) in [4.78, 5) is 10.3. The maximum Gasteiger partial charge on any atom is 0.293 e. The minimum absolute atomic E-state index is 0.163. The van der Waals surface area contributed by atoms with E-state index in [0.717, 1.165) is 24.2 Å². The second-order valence-electron chi connectivity index (χ2n) is 3.00. The van der Waals surface area contributed by atoms with Gasteiger partial charge < -0.3 is 10.1 Å². The molecule has 0 bridgehead atoms. The quantitative estimate of drug-likeness (QED) is 0.780. The highest BCUT2D eigenvalue weighted by Crippen LogP contribution is 2.09. The smallest absolute Gasteiger partial charge is 0.293 e. The van der Waals surface area contributed by atoms with Crippen molar-refractivity contribution in [3.05, 3.63) is 29.8 Å². The summed E-state index contributed by atoms with van der Waals surface area (Å²) < 4.78 is 11.1.